The molecule has 2 aromatic heterocycles. The van der Waals surface area contributed by atoms with Gasteiger partial charge in [-0.1, -0.05) is 0 Å². The Morgan fingerprint density at radius 2 is 2.31 bits per heavy atom. The van der Waals surface area contributed by atoms with Crippen LogP contribution in [0, 0.1) is 0 Å². The summed E-state index contributed by atoms with van der Waals surface area (Å²) in [6.45, 7) is 0. The summed E-state index contributed by atoms with van der Waals surface area (Å²) in [5, 5.41) is 3.97. The van der Waals surface area contributed by atoms with Gasteiger partial charge < -0.3 is 10.5 Å². The van der Waals surface area contributed by atoms with E-state index in [4.69, 9.17) is 5.73 Å². The van der Waals surface area contributed by atoms with Gasteiger partial charge in [0.25, 0.3) is 0 Å². The Kier molecular flexibility index (Phi) is 2.50. The largest absolute Gasteiger partial charge is 0.464 e. The van der Waals surface area contributed by atoms with Crippen molar-refractivity contribution in [2.45, 2.75) is 0 Å². The maximum atomic E-state index is 11.3. The van der Waals surface area contributed by atoms with Gasteiger partial charge in [-0.25, -0.2) is 14.5 Å². The second-order valence-corrected chi connectivity index (χ2v) is 2.93. The third-order valence-electron chi connectivity index (χ3n) is 1.91. The van der Waals surface area contributed by atoms with Gasteiger partial charge in [-0.05, 0) is 0 Å². The molecule has 0 aliphatic carbocycles. The lowest BCUT2D eigenvalue weighted by molar-refractivity contribution is 0.0594. The molecule has 0 aromatic carbocycles. The molecule has 82 valence electrons. The van der Waals surface area contributed by atoms with Gasteiger partial charge in [-0.15, -0.1) is 0 Å². The second kappa shape index (κ2) is 3.97. The fraction of sp³-hybridized carbons (Fsp3) is 0.111. The van der Waals surface area contributed by atoms with Crippen LogP contribution in [0.3, 0.4) is 0 Å². The van der Waals surface area contributed by atoms with Gasteiger partial charge in [0.05, 0.1) is 25.2 Å². The van der Waals surface area contributed by atoms with Crippen molar-refractivity contribution in [1.29, 1.82) is 0 Å². The molecule has 0 saturated heterocycles. The SMILES string of the molecule is COC(=O)c1nn(-c2cnccn2)cc1N. The van der Waals surface area contributed by atoms with Gasteiger partial charge in [-0.2, -0.15) is 5.10 Å². The quantitative estimate of drug-likeness (QED) is 0.716. The maximum absolute atomic E-state index is 11.3. The van der Waals surface area contributed by atoms with Crippen LogP contribution >= 0.6 is 0 Å². The monoisotopic (exact) mass is 219 g/mol. The number of rotatable bonds is 2. The molecule has 0 spiro atoms. The third kappa shape index (κ3) is 1.70. The van der Waals surface area contributed by atoms with Crippen LogP contribution in [0.15, 0.2) is 24.8 Å². The molecule has 0 aliphatic heterocycles. The van der Waals surface area contributed by atoms with E-state index in [1.807, 2.05) is 0 Å². The van der Waals surface area contributed by atoms with Gasteiger partial charge >= 0.3 is 5.97 Å². The number of carbonyl (C=O) groups excluding carboxylic acids is 1. The van der Waals surface area contributed by atoms with Crippen LogP contribution in [-0.4, -0.2) is 32.8 Å². The predicted octanol–water partition coefficient (Wildman–Crippen LogP) is 0.0311. The highest BCUT2D eigenvalue weighted by molar-refractivity contribution is 5.92. The number of anilines is 1. The van der Waals surface area contributed by atoms with E-state index in [1.54, 1.807) is 0 Å². The molecule has 2 heterocycles. The molecule has 0 aliphatic rings. The molecule has 0 bridgehead atoms. The molecule has 2 aromatic rings. The Morgan fingerprint density at radius 1 is 1.50 bits per heavy atom. The standard InChI is InChI=1S/C9H9N5O2/c1-16-9(15)8-6(10)5-14(13-8)7-4-11-2-3-12-7/h2-5H,10H2,1H3. The van der Waals surface area contributed by atoms with E-state index < -0.39 is 5.97 Å². The number of aromatic nitrogens is 4. The molecule has 2 rings (SSSR count). The van der Waals surface area contributed by atoms with Gasteiger partial charge in [0.15, 0.2) is 11.5 Å². The molecule has 7 heteroatoms. The molecular formula is C9H9N5O2. The highest BCUT2D eigenvalue weighted by atomic mass is 16.5. The minimum Gasteiger partial charge on any atom is -0.464 e. The van der Waals surface area contributed by atoms with Crippen molar-refractivity contribution < 1.29 is 9.53 Å². The smallest absolute Gasteiger partial charge is 0.360 e. The highest BCUT2D eigenvalue weighted by Gasteiger charge is 2.15. The second-order valence-electron chi connectivity index (χ2n) is 2.93. The predicted molar refractivity (Wildman–Crippen MR) is 54.9 cm³/mol. The first-order valence-electron chi connectivity index (χ1n) is 4.42. The zero-order valence-corrected chi connectivity index (χ0v) is 8.49. The van der Waals surface area contributed by atoms with Crippen LogP contribution in [-0.2, 0) is 4.74 Å². The Balaban J connectivity index is 2.42. The van der Waals surface area contributed by atoms with Crippen molar-refractivity contribution in [1.82, 2.24) is 19.7 Å². The maximum Gasteiger partial charge on any atom is 0.360 e. The van der Waals surface area contributed by atoms with Crippen LogP contribution in [0.5, 0.6) is 0 Å². The molecule has 7 nitrogen and oxygen atoms in total. The van der Waals surface area contributed by atoms with Crippen LogP contribution < -0.4 is 5.73 Å². The van der Waals surface area contributed by atoms with E-state index in [-0.39, 0.29) is 11.4 Å². The van der Waals surface area contributed by atoms with Crippen molar-refractivity contribution in [2.75, 3.05) is 12.8 Å². The van der Waals surface area contributed by atoms with Crippen molar-refractivity contribution >= 4 is 11.7 Å². The van der Waals surface area contributed by atoms with E-state index in [2.05, 4.69) is 19.8 Å². The van der Waals surface area contributed by atoms with E-state index in [9.17, 15) is 4.79 Å². The third-order valence-corrected chi connectivity index (χ3v) is 1.91. The molecular weight excluding hydrogens is 210 g/mol. The summed E-state index contributed by atoms with van der Waals surface area (Å²) in [5.74, 6) is -0.107. The van der Waals surface area contributed by atoms with Crippen LogP contribution in [0.1, 0.15) is 10.5 Å². The summed E-state index contributed by atoms with van der Waals surface area (Å²) in [5.41, 5.74) is 5.92. The minimum absolute atomic E-state index is 0.0631. The first-order valence-corrected chi connectivity index (χ1v) is 4.42. The van der Waals surface area contributed by atoms with Crippen molar-refractivity contribution in [2.24, 2.45) is 0 Å². The molecule has 0 unspecified atom stereocenters. The zero-order valence-electron chi connectivity index (χ0n) is 8.49. The first-order chi connectivity index (χ1) is 7.72. The lowest BCUT2D eigenvalue weighted by Gasteiger charge is -1.97. The Bertz CT molecular complexity index is 508. The number of hydrogen-bond donors (Lipinski definition) is 1. The summed E-state index contributed by atoms with van der Waals surface area (Å²) >= 11 is 0. The lowest BCUT2D eigenvalue weighted by Crippen LogP contribution is -2.06. The van der Waals surface area contributed by atoms with Gasteiger partial charge in [0, 0.05) is 12.4 Å². The number of nitrogens with zero attached hydrogens (tertiary/aromatic N) is 4. The molecule has 0 fully saturated rings. The molecule has 0 atom stereocenters. The average Bonchev–Trinajstić information content (AvgIpc) is 2.71. The fourth-order valence-electron chi connectivity index (χ4n) is 1.17. The van der Waals surface area contributed by atoms with E-state index in [0.717, 1.165) is 0 Å². The van der Waals surface area contributed by atoms with Gasteiger partial charge in [0.2, 0.25) is 0 Å². The number of esters is 1. The van der Waals surface area contributed by atoms with Crippen LogP contribution in [0.25, 0.3) is 5.82 Å². The summed E-state index contributed by atoms with van der Waals surface area (Å²) in [7, 11) is 1.27. The van der Waals surface area contributed by atoms with Crippen molar-refractivity contribution in [3.8, 4) is 5.82 Å². The number of nitrogens with two attached hydrogens (primary N) is 1. The Labute approximate surface area is 90.9 Å². The minimum atomic E-state index is -0.583. The van der Waals surface area contributed by atoms with E-state index in [1.165, 1.54) is 36.6 Å². The zero-order chi connectivity index (χ0) is 11.5. The Morgan fingerprint density at radius 3 is 2.94 bits per heavy atom. The van der Waals surface area contributed by atoms with Gasteiger partial charge in [0.1, 0.15) is 0 Å². The first kappa shape index (κ1) is 10.1. The number of ether oxygens (including phenoxy) is 1. The number of hydrogen-bond acceptors (Lipinski definition) is 6. The highest BCUT2D eigenvalue weighted by Crippen LogP contribution is 2.12. The normalized spacial score (nSPS) is 10.1. The summed E-state index contributed by atoms with van der Waals surface area (Å²) in [6.07, 6.45) is 6.05. The van der Waals surface area contributed by atoms with Crippen molar-refractivity contribution in [3.05, 3.63) is 30.5 Å². The molecule has 0 amide bonds. The van der Waals surface area contributed by atoms with Crippen LogP contribution in [0.2, 0.25) is 0 Å². The molecule has 0 saturated carbocycles. The van der Waals surface area contributed by atoms with E-state index in [0.29, 0.717) is 5.82 Å². The number of methoxy groups -OCH3 is 1. The average molecular weight is 219 g/mol. The molecule has 2 N–H and O–H groups in total. The topological polar surface area (TPSA) is 95.9 Å². The summed E-state index contributed by atoms with van der Waals surface area (Å²) in [4.78, 5) is 19.2. The summed E-state index contributed by atoms with van der Waals surface area (Å²) < 4.78 is 5.91. The number of carbonyl (C=O) groups is 1. The Hall–Kier alpha value is -2.44. The number of nitrogen functional groups attached to an aromatic ring is 1. The molecule has 16 heavy (non-hydrogen) atoms. The molecule has 0 radical (unpaired) electrons. The summed E-state index contributed by atoms with van der Waals surface area (Å²) in [6, 6.07) is 0. The van der Waals surface area contributed by atoms with E-state index >= 15 is 0 Å². The van der Waals surface area contributed by atoms with Crippen molar-refractivity contribution in [3.63, 3.8) is 0 Å². The van der Waals surface area contributed by atoms with Gasteiger partial charge in [-0.3, -0.25) is 4.98 Å². The fourth-order valence-corrected chi connectivity index (χ4v) is 1.17. The van der Waals surface area contributed by atoms with Crippen LogP contribution in [0.4, 0.5) is 5.69 Å². The lowest BCUT2D eigenvalue weighted by atomic mass is 10.4.